The van der Waals surface area contributed by atoms with Crippen molar-refractivity contribution in [2.75, 3.05) is 5.32 Å². The summed E-state index contributed by atoms with van der Waals surface area (Å²) in [4.78, 5) is 4.67. The largest absolute Gasteiger partial charge is 0.359 e. The second-order valence-electron chi connectivity index (χ2n) is 6.38. The Kier molecular flexibility index (Phi) is 3.15. The maximum absolute atomic E-state index is 6.23. The topological polar surface area (TPSA) is 24.9 Å². The van der Waals surface area contributed by atoms with Crippen molar-refractivity contribution in [3.8, 4) is 0 Å². The molecule has 0 spiro atoms. The summed E-state index contributed by atoms with van der Waals surface area (Å²) in [7, 11) is 0. The zero-order valence-electron chi connectivity index (χ0n) is 11.6. The van der Waals surface area contributed by atoms with Gasteiger partial charge in [-0.1, -0.05) is 35.4 Å². The van der Waals surface area contributed by atoms with Gasteiger partial charge in [-0.05, 0) is 56.1 Å². The minimum atomic E-state index is 0.518. The van der Waals surface area contributed by atoms with Crippen LogP contribution in [-0.2, 0) is 0 Å². The Morgan fingerprint density at radius 3 is 2.95 bits per heavy atom. The first kappa shape index (κ1) is 12.9. The fourth-order valence-corrected chi connectivity index (χ4v) is 5.44. The maximum Gasteiger partial charge on any atom is 0.184 e. The lowest BCUT2D eigenvalue weighted by Crippen LogP contribution is -2.29. The molecule has 1 N–H and O–H groups in total. The van der Waals surface area contributed by atoms with E-state index >= 15 is 0 Å². The number of aromatic nitrogens is 1. The number of benzene rings is 1. The molecule has 2 saturated carbocycles. The Hall–Kier alpha value is -0.800. The molecule has 4 rings (SSSR count). The molecule has 106 valence electrons. The molecule has 4 unspecified atom stereocenters. The molecular weight excluding hydrogens is 288 g/mol. The zero-order chi connectivity index (χ0) is 13.7. The molecule has 4 atom stereocenters. The predicted octanol–water partition coefficient (Wildman–Crippen LogP) is 5.19. The fourth-order valence-electron chi connectivity index (χ4n) is 4.19. The van der Waals surface area contributed by atoms with Crippen LogP contribution in [-0.4, -0.2) is 11.0 Å². The van der Waals surface area contributed by atoms with Gasteiger partial charge in [-0.25, -0.2) is 4.98 Å². The normalized spacial score (nSPS) is 30.0. The van der Waals surface area contributed by atoms with Crippen molar-refractivity contribution in [3.05, 3.63) is 23.2 Å². The molecule has 2 fully saturated rings. The van der Waals surface area contributed by atoms with Gasteiger partial charge in [0.2, 0.25) is 0 Å². The molecule has 1 aromatic carbocycles. The third-order valence-electron chi connectivity index (χ3n) is 5.15. The van der Waals surface area contributed by atoms with Gasteiger partial charge in [-0.2, -0.15) is 0 Å². The Balaban J connectivity index is 1.54. The first-order valence-electron chi connectivity index (χ1n) is 7.52. The second-order valence-corrected chi connectivity index (χ2v) is 7.79. The minimum Gasteiger partial charge on any atom is -0.359 e. The molecule has 2 nitrogen and oxygen atoms in total. The number of fused-ring (bicyclic) bond motifs is 3. The number of anilines is 1. The summed E-state index contributed by atoms with van der Waals surface area (Å²) in [6.07, 6.45) is 5.77. The van der Waals surface area contributed by atoms with Crippen LogP contribution < -0.4 is 5.32 Å². The van der Waals surface area contributed by atoms with E-state index in [9.17, 15) is 0 Å². The van der Waals surface area contributed by atoms with Crippen LogP contribution in [0, 0.1) is 17.8 Å². The van der Waals surface area contributed by atoms with E-state index in [-0.39, 0.29) is 0 Å². The van der Waals surface area contributed by atoms with E-state index < -0.39 is 0 Å². The van der Waals surface area contributed by atoms with Crippen LogP contribution in [0.1, 0.15) is 32.6 Å². The minimum absolute atomic E-state index is 0.518. The number of hydrogen-bond acceptors (Lipinski definition) is 3. The highest BCUT2D eigenvalue weighted by Gasteiger charge is 2.41. The summed E-state index contributed by atoms with van der Waals surface area (Å²) >= 11 is 7.90. The fraction of sp³-hybridized carbons (Fsp3) is 0.562. The SMILES string of the molecule is CC(Nc1nc2cccc(Cl)c2s1)C1CC2CCC1C2. The van der Waals surface area contributed by atoms with Gasteiger partial charge in [0, 0.05) is 6.04 Å². The molecule has 0 saturated heterocycles. The van der Waals surface area contributed by atoms with E-state index in [1.165, 1.54) is 25.7 Å². The molecule has 2 bridgehead atoms. The Morgan fingerprint density at radius 1 is 1.35 bits per heavy atom. The van der Waals surface area contributed by atoms with Crippen molar-refractivity contribution in [2.45, 2.75) is 38.6 Å². The predicted molar refractivity (Wildman–Crippen MR) is 86.7 cm³/mol. The van der Waals surface area contributed by atoms with Gasteiger partial charge in [0.1, 0.15) is 0 Å². The third kappa shape index (κ3) is 2.11. The Bertz CT molecular complexity index is 638. The molecule has 1 aromatic heterocycles. The second kappa shape index (κ2) is 4.88. The summed E-state index contributed by atoms with van der Waals surface area (Å²) in [6.45, 7) is 2.32. The summed E-state index contributed by atoms with van der Waals surface area (Å²) in [5.74, 6) is 2.77. The molecule has 0 radical (unpaired) electrons. The molecule has 2 aromatic rings. The zero-order valence-corrected chi connectivity index (χ0v) is 13.2. The number of halogens is 1. The first-order valence-corrected chi connectivity index (χ1v) is 8.72. The van der Waals surface area contributed by atoms with E-state index in [4.69, 9.17) is 11.6 Å². The quantitative estimate of drug-likeness (QED) is 0.844. The van der Waals surface area contributed by atoms with Gasteiger partial charge in [0.25, 0.3) is 0 Å². The van der Waals surface area contributed by atoms with E-state index in [0.717, 1.165) is 38.1 Å². The van der Waals surface area contributed by atoms with E-state index in [2.05, 4.69) is 17.2 Å². The van der Waals surface area contributed by atoms with E-state index in [1.54, 1.807) is 11.3 Å². The lowest BCUT2D eigenvalue weighted by Gasteiger charge is -2.28. The van der Waals surface area contributed by atoms with Crippen molar-refractivity contribution in [2.24, 2.45) is 17.8 Å². The van der Waals surface area contributed by atoms with Gasteiger partial charge in [0.15, 0.2) is 5.13 Å². The van der Waals surface area contributed by atoms with Crippen LogP contribution in [0.4, 0.5) is 5.13 Å². The van der Waals surface area contributed by atoms with Crippen LogP contribution in [0.25, 0.3) is 10.2 Å². The molecular formula is C16H19ClN2S. The molecule has 20 heavy (non-hydrogen) atoms. The van der Waals surface area contributed by atoms with Gasteiger partial charge in [-0.15, -0.1) is 0 Å². The Morgan fingerprint density at radius 2 is 2.25 bits per heavy atom. The lowest BCUT2D eigenvalue weighted by atomic mass is 9.84. The van der Waals surface area contributed by atoms with E-state index in [1.807, 2.05) is 18.2 Å². The van der Waals surface area contributed by atoms with Crippen LogP contribution >= 0.6 is 22.9 Å². The standard InChI is InChI=1S/C16H19ClN2S/c1-9(12-8-10-5-6-11(12)7-10)18-16-19-14-4-2-3-13(17)15(14)20-16/h2-4,9-12H,5-8H2,1H3,(H,18,19). The molecule has 0 amide bonds. The van der Waals surface area contributed by atoms with Crippen molar-refractivity contribution in [1.29, 1.82) is 0 Å². The monoisotopic (exact) mass is 306 g/mol. The molecule has 4 heteroatoms. The highest BCUT2D eigenvalue weighted by atomic mass is 35.5. The summed E-state index contributed by atoms with van der Waals surface area (Å²) in [6, 6.07) is 6.45. The third-order valence-corrected chi connectivity index (χ3v) is 6.62. The molecule has 1 heterocycles. The van der Waals surface area contributed by atoms with Crippen LogP contribution in [0.15, 0.2) is 18.2 Å². The number of nitrogens with zero attached hydrogens (tertiary/aromatic N) is 1. The van der Waals surface area contributed by atoms with Gasteiger partial charge < -0.3 is 5.32 Å². The highest BCUT2D eigenvalue weighted by Crippen LogP contribution is 2.50. The van der Waals surface area contributed by atoms with Crippen LogP contribution in [0.3, 0.4) is 0 Å². The summed E-state index contributed by atoms with van der Waals surface area (Å²) in [5.41, 5.74) is 1.00. The molecule has 2 aliphatic rings. The van der Waals surface area contributed by atoms with Crippen molar-refractivity contribution >= 4 is 38.3 Å². The number of nitrogens with one attached hydrogen (secondary N) is 1. The average molecular weight is 307 g/mol. The number of rotatable bonds is 3. The first-order chi connectivity index (χ1) is 9.70. The molecule has 0 aliphatic heterocycles. The average Bonchev–Trinajstić information content (AvgIpc) is 3.12. The van der Waals surface area contributed by atoms with Crippen LogP contribution in [0.2, 0.25) is 5.02 Å². The molecule has 2 aliphatic carbocycles. The number of hydrogen-bond donors (Lipinski definition) is 1. The van der Waals surface area contributed by atoms with Gasteiger partial charge in [0.05, 0.1) is 15.2 Å². The summed E-state index contributed by atoms with van der Waals surface area (Å²) < 4.78 is 1.09. The maximum atomic E-state index is 6.23. The number of thiazole rings is 1. The van der Waals surface area contributed by atoms with Gasteiger partial charge >= 0.3 is 0 Å². The lowest BCUT2D eigenvalue weighted by molar-refractivity contribution is 0.304. The van der Waals surface area contributed by atoms with Crippen molar-refractivity contribution < 1.29 is 0 Å². The smallest absolute Gasteiger partial charge is 0.184 e. The van der Waals surface area contributed by atoms with Crippen molar-refractivity contribution in [1.82, 2.24) is 4.98 Å². The Labute approximate surface area is 128 Å². The van der Waals surface area contributed by atoms with Gasteiger partial charge in [-0.3, -0.25) is 0 Å². The van der Waals surface area contributed by atoms with Crippen molar-refractivity contribution in [3.63, 3.8) is 0 Å². The summed E-state index contributed by atoms with van der Waals surface area (Å²) in [5, 5.41) is 5.46. The van der Waals surface area contributed by atoms with Crippen LogP contribution in [0.5, 0.6) is 0 Å². The highest BCUT2D eigenvalue weighted by molar-refractivity contribution is 7.22. The van der Waals surface area contributed by atoms with E-state index in [0.29, 0.717) is 6.04 Å².